The monoisotopic (exact) mass is 772 g/mol. The minimum atomic E-state index is -3.75. The molecule has 0 radical (unpaired) electrons. The molecule has 0 unspecified atom stereocenters. The number of aryl methyl sites for hydroxylation is 2. The summed E-state index contributed by atoms with van der Waals surface area (Å²) >= 11 is 0. The fourth-order valence-electron chi connectivity index (χ4n) is 3.66. The molecule has 0 atom stereocenters. The number of nitrogens with zero attached hydrogens (tertiary/aromatic N) is 4. The van der Waals surface area contributed by atoms with Gasteiger partial charge in [0.15, 0.2) is 0 Å². The van der Waals surface area contributed by atoms with Gasteiger partial charge in [0.1, 0.15) is 20.0 Å². The van der Waals surface area contributed by atoms with E-state index in [1.807, 2.05) is 26.0 Å². The van der Waals surface area contributed by atoms with Crippen molar-refractivity contribution in [2.75, 3.05) is 26.2 Å². The van der Waals surface area contributed by atoms with Gasteiger partial charge in [0.05, 0.1) is 11.1 Å². The average molecular weight is 774 g/mol. The summed E-state index contributed by atoms with van der Waals surface area (Å²) in [6.45, 7) is 11.2. The first-order chi connectivity index (χ1) is 20.9. The molecule has 0 aliphatic rings. The maximum atomic E-state index is 12.4. The van der Waals surface area contributed by atoms with Gasteiger partial charge in [0.2, 0.25) is 0 Å². The Bertz CT molecular complexity index is 1610. The summed E-state index contributed by atoms with van der Waals surface area (Å²) in [5.74, 6) is -0.876. The van der Waals surface area contributed by atoms with Crippen molar-refractivity contribution in [1.82, 2.24) is 0 Å². The minimum absolute atomic E-state index is 0. The number of hydrogen-bond donors (Lipinski definition) is 0. The van der Waals surface area contributed by atoms with Crippen molar-refractivity contribution in [2.24, 2.45) is 9.98 Å². The Morgan fingerprint density at radius 3 is 1.38 bits per heavy atom. The van der Waals surface area contributed by atoms with E-state index in [1.54, 1.807) is 36.7 Å². The van der Waals surface area contributed by atoms with Crippen LogP contribution in [0.1, 0.15) is 55.5 Å². The molecule has 0 saturated carbocycles. The van der Waals surface area contributed by atoms with Crippen LogP contribution in [0.25, 0.3) is 9.44 Å². The number of carboxylic acids is 1. The first kappa shape index (κ1) is 44.1. The van der Waals surface area contributed by atoms with Gasteiger partial charge in [-0.3, -0.25) is 9.98 Å². The predicted octanol–water partition coefficient (Wildman–Crippen LogP) is 4.15. The molecule has 0 aromatic heterocycles. The molecule has 0 amide bonds. The Morgan fingerprint density at radius 1 is 0.766 bits per heavy atom. The van der Waals surface area contributed by atoms with Crippen LogP contribution in [0.15, 0.2) is 80.4 Å². The van der Waals surface area contributed by atoms with Crippen molar-refractivity contribution in [3.8, 4) is 5.75 Å². The van der Waals surface area contributed by atoms with Crippen molar-refractivity contribution in [1.29, 1.82) is 0 Å². The van der Waals surface area contributed by atoms with Gasteiger partial charge in [0, 0.05) is 74.3 Å². The molecule has 0 bridgehead atoms. The van der Waals surface area contributed by atoms with Crippen LogP contribution >= 0.6 is 0 Å². The van der Waals surface area contributed by atoms with Crippen LogP contribution < -0.4 is 5.11 Å². The molecule has 3 rings (SSSR count). The molecular formula is C32H40N4Ni2O7S2-2. The second kappa shape index (κ2) is 19.8. The Balaban J connectivity index is 0.00000333. The summed E-state index contributed by atoms with van der Waals surface area (Å²) in [7, 11) is -7.51. The molecule has 2 N–H and O–H groups in total. The summed E-state index contributed by atoms with van der Waals surface area (Å²) in [6.07, 6.45) is 3.10. The molecule has 3 aromatic carbocycles. The first-order valence-electron chi connectivity index (χ1n) is 14.0. The molecule has 47 heavy (non-hydrogen) atoms. The number of aliphatic carboxylic acids is 1. The molecule has 0 aliphatic carbocycles. The Labute approximate surface area is 298 Å². The van der Waals surface area contributed by atoms with Crippen molar-refractivity contribution >= 4 is 38.4 Å². The maximum absolute atomic E-state index is 12.4. The van der Waals surface area contributed by atoms with E-state index in [0.29, 0.717) is 11.1 Å². The van der Waals surface area contributed by atoms with E-state index < -0.39 is 26.0 Å². The number of rotatable bonds is 12. The number of carboxylic acid groups (broad SMARTS) is 1. The van der Waals surface area contributed by atoms with E-state index in [9.17, 15) is 16.8 Å². The first-order valence-corrected chi connectivity index (χ1v) is 16.9. The van der Waals surface area contributed by atoms with E-state index in [1.165, 1.54) is 24.3 Å². The maximum Gasteiger partial charge on any atom is 0.271 e. The molecule has 0 spiro atoms. The largest absolute Gasteiger partial charge is 0.592 e. The number of hydrogen-bond acceptors (Lipinski definition) is 8. The van der Waals surface area contributed by atoms with Gasteiger partial charge in [-0.25, -0.2) is 16.8 Å². The SMILES string of the molecule is CC(=O)[O-].Cc1ccc(S(=O)(=O)[N-]CCN=Cc2cc(C(C)(C)C)cc(C=NCC[N-]S(=O)(=O)c3ccc(C)cc3)c2[OH2+])cc1.[Ni].[Ni]. The minimum Gasteiger partial charge on any atom is -0.592 e. The quantitative estimate of drug-likeness (QED) is 0.115. The van der Waals surface area contributed by atoms with Gasteiger partial charge >= 0.3 is 0 Å². The molecular weight excluding hydrogens is 734 g/mol. The topological polar surface area (TPSA) is 184 Å². The van der Waals surface area contributed by atoms with Gasteiger partial charge in [-0.15, -0.1) is 13.1 Å². The Hall–Kier alpha value is -2.92. The zero-order valence-electron chi connectivity index (χ0n) is 26.9. The summed E-state index contributed by atoms with van der Waals surface area (Å²) in [5.41, 5.74) is 3.80. The molecule has 0 saturated heterocycles. The Kier molecular flexibility index (Phi) is 18.6. The van der Waals surface area contributed by atoms with E-state index in [-0.39, 0.29) is 80.1 Å². The molecule has 264 valence electrons. The summed E-state index contributed by atoms with van der Waals surface area (Å²) in [5, 5.41) is 17.5. The van der Waals surface area contributed by atoms with Crippen molar-refractivity contribution in [2.45, 2.75) is 56.7 Å². The van der Waals surface area contributed by atoms with Crippen LogP contribution in [-0.4, -0.2) is 66.5 Å². The standard InChI is InChI=1S/C30H36N4O5S2.C2H4O2.2Ni/c1-22-6-10-27(11-7-22)40(36,37)33-16-14-31-20-24-18-26(30(3,4)5)19-25(29(24)35)21-32-15-17-34-41(38,39)28-12-8-23(2)9-13-28;1-2(3)4;;/h6-13,18-21H,14-17H2,1-5H3,(H,31,32,35);1H3,(H,3,4);;/q-2;;;. The zero-order valence-corrected chi connectivity index (χ0v) is 30.6. The third-order valence-corrected chi connectivity index (χ3v) is 8.93. The molecule has 0 fully saturated rings. The number of carbonyl (C=O) groups excluding carboxylic acids is 1. The molecule has 15 heteroatoms. The zero-order chi connectivity index (χ0) is 33.8. The molecule has 0 heterocycles. The van der Waals surface area contributed by atoms with Crippen LogP contribution in [0.2, 0.25) is 0 Å². The number of benzene rings is 3. The fraction of sp³-hybridized carbons (Fsp3) is 0.344. The van der Waals surface area contributed by atoms with E-state index in [2.05, 4.69) is 40.2 Å². The van der Waals surface area contributed by atoms with Gasteiger partial charge in [0.25, 0.3) is 5.75 Å². The van der Waals surface area contributed by atoms with Gasteiger partial charge in [-0.05, 0) is 68.1 Å². The van der Waals surface area contributed by atoms with Gasteiger partial charge in [-0.1, -0.05) is 56.2 Å². The fourth-order valence-corrected chi connectivity index (χ4v) is 5.56. The van der Waals surface area contributed by atoms with Gasteiger partial charge in [-0.2, -0.15) is 0 Å². The van der Waals surface area contributed by atoms with Crippen LogP contribution in [-0.2, 0) is 63.2 Å². The van der Waals surface area contributed by atoms with Crippen LogP contribution in [0.4, 0.5) is 0 Å². The summed E-state index contributed by atoms with van der Waals surface area (Å²) < 4.78 is 57.3. The van der Waals surface area contributed by atoms with Crippen LogP contribution in [0.3, 0.4) is 0 Å². The van der Waals surface area contributed by atoms with Crippen molar-refractivity contribution < 1.29 is 64.8 Å². The number of carbonyl (C=O) groups is 1. The predicted molar refractivity (Wildman–Crippen MR) is 177 cm³/mol. The molecule has 11 nitrogen and oxygen atoms in total. The second-order valence-electron chi connectivity index (χ2n) is 11.1. The average Bonchev–Trinajstić information content (AvgIpc) is 2.93. The van der Waals surface area contributed by atoms with Gasteiger partial charge < -0.3 is 24.5 Å². The summed E-state index contributed by atoms with van der Waals surface area (Å²) in [6, 6.07) is 16.8. The normalized spacial score (nSPS) is 11.8. The smallest absolute Gasteiger partial charge is 0.271 e. The molecule has 3 aromatic rings. The van der Waals surface area contributed by atoms with Crippen LogP contribution in [0.5, 0.6) is 5.75 Å². The van der Waals surface area contributed by atoms with Crippen molar-refractivity contribution in [3.63, 3.8) is 0 Å². The van der Waals surface area contributed by atoms with Crippen LogP contribution in [0, 0.1) is 13.8 Å². The molecule has 0 aliphatic heterocycles. The van der Waals surface area contributed by atoms with E-state index in [4.69, 9.17) is 15.0 Å². The number of sulfonamides is 2. The van der Waals surface area contributed by atoms with Crippen molar-refractivity contribution in [3.05, 3.63) is 97.9 Å². The van der Waals surface area contributed by atoms with E-state index >= 15 is 0 Å². The Morgan fingerprint density at radius 2 is 1.09 bits per heavy atom. The van der Waals surface area contributed by atoms with E-state index in [0.717, 1.165) is 23.6 Å². The summed E-state index contributed by atoms with van der Waals surface area (Å²) in [4.78, 5) is 17.8. The third-order valence-electron chi connectivity index (χ3n) is 6.14. The number of aliphatic imine (C=N–C) groups is 2. The third kappa shape index (κ3) is 15.2. The second-order valence-corrected chi connectivity index (χ2v) is 14.5.